The number of morpholine rings is 1. The molecule has 9 nitrogen and oxygen atoms in total. The number of hydrogen-bond acceptors (Lipinski definition) is 7. The first kappa shape index (κ1) is 22.5. The lowest BCUT2D eigenvalue weighted by atomic mass is 10.1. The lowest BCUT2D eigenvalue weighted by Crippen LogP contribution is -2.41. The van der Waals surface area contributed by atoms with Crippen LogP contribution in [0.1, 0.15) is 33.6 Å². The lowest BCUT2D eigenvalue weighted by molar-refractivity contribution is 0.0383. The van der Waals surface area contributed by atoms with Crippen molar-refractivity contribution in [1.82, 2.24) is 10.2 Å². The fourth-order valence-electron chi connectivity index (χ4n) is 4.52. The molecule has 9 heteroatoms. The van der Waals surface area contributed by atoms with Crippen LogP contribution in [-0.2, 0) is 4.74 Å². The number of ether oxygens (including phenoxy) is 3. The average molecular weight is 467 g/mol. The molecule has 0 saturated carbocycles. The van der Waals surface area contributed by atoms with Gasteiger partial charge in [0.2, 0.25) is 6.79 Å². The molecule has 0 aliphatic carbocycles. The van der Waals surface area contributed by atoms with Gasteiger partial charge >= 0.3 is 0 Å². The summed E-state index contributed by atoms with van der Waals surface area (Å²) in [5.41, 5.74) is 2.52. The smallest absolute Gasteiger partial charge is 0.255 e. The minimum Gasteiger partial charge on any atom is -0.454 e. The predicted molar refractivity (Wildman–Crippen MR) is 128 cm³/mol. The number of hydrogen-bond donors (Lipinski definition) is 2. The molecule has 3 aliphatic rings. The summed E-state index contributed by atoms with van der Waals surface area (Å²) >= 11 is 0. The van der Waals surface area contributed by atoms with Gasteiger partial charge in [0.1, 0.15) is 0 Å². The number of benzene rings is 2. The van der Waals surface area contributed by atoms with E-state index >= 15 is 0 Å². The van der Waals surface area contributed by atoms with Crippen molar-refractivity contribution in [3.63, 3.8) is 0 Å². The minimum atomic E-state index is -0.272. The fourth-order valence-corrected chi connectivity index (χ4v) is 4.52. The van der Waals surface area contributed by atoms with Crippen molar-refractivity contribution in [2.75, 3.05) is 69.5 Å². The SMILES string of the molecule is O=C(Nc1ccc(N2CCCC2)c(C(=O)NCCN2CCOCC2)c1)c1ccc2c(c1)OCO2. The summed E-state index contributed by atoms with van der Waals surface area (Å²) in [5.74, 6) is 0.778. The molecule has 2 aromatic rings. The number of carbonyl (C=O) groups excluding carboxylic acids is 2. The highest BCUT2D eigenvalue weighted by Gasteiger charge is 2.22. The molecule has 0 unspecified atom stereocenters. The van der Waals surface area contributed by atoms with Gasteiger partial charge in [-0.1, -0.05) is 0 Å². The second-order valence-corrected chi connectivity index (χ2v) is 8.66. The quantitative estimate of drug-likeness (QED) is 0.647. The van der Waals surface area contributed by atoms with Gasteiger partial charge in [0.25, 0.3) is 11.8 Å². The van der Waals surface area contributed by atoms with Crippen LogP contribution < -0.4 is 25.0 Å². The Morgan fingerprint density at radius 1 is 0.882 bits per heavy atom. The molecular formula is C25H30N4O5. The van der Waals surface area contributed by atoms with Crippen molar-refractivity contribution in [1.29, 1.82) is 0 Å². The lowest BCUT2D eigenvalue weighted by Gasteiger charge is -2.26. The van der Waals surface area contributed by atoms with Gasteiger partial charge < -0.3 is 29.7 Å². The number of nitrogens with zero attached hydrogens (tertiary/aromatic N) is 2. The summed E-state index contributed by atoms with van der Waals surface area (Å²) in [6.45, 7) is 6.60. The first-order valence-electron chi connectivity index (χ1n) is 11.9. The van der Waals surface area contributed by atoms with Crippen molar-refractivity contribution < 1.29 is 23.8 Å². The van der Waals surface area contributed by atoms with Crippen LogP contribution in [0, 0.1) is 0 Å². The van der Waals surface area contributed by atoms with E-state index in [0.717, 1.165) is 64.5 Å². The average Bonchev–Trinajstić information content (AvgIpc) is 3.56. The zero-order valence-corrected chi connectivity index (χ0v) is 19.2. The van der Waals surface area contributed by atoms with Crippen LogP contribution in [0.3, 0.4) is 0 Å². The molecule has 0 bridgehead atoms. The van der Waals surface area contributed by atoms with Crippen molar-refractivity contribution in [2.24, 2.45) is 0 Å². The van der Waals surface area contributed by atoms with Crippen LogP contribution in [-0.4, -0.2) is 76.0 Å². The molecule has 2 fully saturated rings. The van der Waals surface area contributed by atoms with E-state index < -0.39 is 0 Å². The van der Waals surface area contributed by atoms with E-state index in [0.29, 0.717) is 34.9 Å². The second kappa shape index (κ2) is 10.3. The van der Waals surface area contributed by atoms with Crippen LogP contribution >= 0.6 is 0 Å². The van der Waals surface area contributed by atoms with Gasteiger partial charge in [-0.15, -0.1) is 0 Å². The summed E-state index contributed by atoms with van der Waals surface area (Å²) in [6, 6.07) is 10.6. The predicted octanol–water partition coefficient (Wildman–Crippen LogP) is 2.33. The molecule has 0 radical (unpaired) electrons. The fraction of sp³-hybridized carbons (Fsp3) is 0.440. The zero-order valence-electron chi connectivity index (χ0n) is 19.2. The summed E-state index contributed by atoms with van der Waals surface area (Å²) in [5, 5.41) is 5.97. The molecule has 34 heavy (non-hydrogen) atoms. The van der Waals surface area contributed by atoms with Crippen molar-refractivity contribution in [3.05, 3.63) is 47.5 Å². The second-order valence-electron chi connectivity index (χ2n) is 8.66. The largest absolute Gasteiger partial charge is 0.454 e. The van der Waals surface area contributed by atoms with Crippen molar-refractivity contribution >= 4 is 23.2 Å². The third-order valence-corrected chi connectivity index (χ3v) is 6.40. The first-order chi connectivity index (χ1) is 16.7. The minimum absolute atomic E-state index is 0.130. The Balaban J connectivity index is 1.29. The van der Waals surface area contributed by atoms with E-state index in [1.165, 1.54) is 0 Å². The molecule has 0 spiro atoms. The third-order valence-electron chi connectivity index (χ3n) is 6.40. The van der Waals surface area contributed by atoms with Crippen LogP contribution in [0.5, 0.6) is 11.5 Å². The summed E-state index contributed by atoms with van der Waals surface area (Å²) < 4.78 is 16.1. The number of carbonyl (C=O) groups is 2. The Labute approximate surface area is 198 Å². The van der Waals surface area contributed by atoms with E-state index in [1.807, 2.05) is 12.1 Å². The highest BCUT2D eigenvalue weighted by atomic mass is 16.7. The van der Waals surface area contributed by atoms with Gasteiger partial charge in [0.05, 0.1) is 18.8 Å². The van der Waals surface area contributed by atoms with Crippen LogP contribution in [0.25, 0.3) is 0 Å². The van der Waals surface area contributed by atoms with Gasteiger partial charge in [-0.3, -0.25) is 14.5 Å². The van der Waals surface area contributed by atoms with Crippen LogP contribution in [0.2, 0.25) is 0 Å². The molecule has 5 rings (SSSR count). The van der Waals surface area contributed by atoms with Crippen LogP contribution in [0.4, 0.5) is 11.4 Å². The number of rotatable bonds is 7. The molecule has 2 N–H and O–H groups in total. The molecule has 180 valence electrons. The van der Waals surface area contributed by atoms with Crippen molar-refractivity contribution in [3.8, 4) is 11.5 Å². The molecule has 3 aliphatic heterocycles. The first-order valence-corrected chi connectivity index (χ1v) is 11.9. The summed E-state index contributed by atoms with van der Waals surface area (Å²) in [7, 11) is 0. The molecule has 3 heterocycles. The molecule has 2 saturated heterocycles. The van der Waals surface area contributed by atoms with Gasteiger partial charge in [0, 0.05) is 56.2 Å². The summed E-state index contributed by atoms with van der Waals surface area (Å²) in [4.78, 5) is 30.5. The highest BCUT2D eigenvalue weighted by Crippen LogP contribution is 2.33. The number of amides is 2. The maximum atomic E-state index is 13.2. The molecule has 2 amide bonds. The van der Waals surface area contributed by atoms with Gasteiger partial charge in [-0.2, -0.15) is 0 Å². The maximum absolute atomic E-state index is 13.2. The molecular weight excluding hydrogens is 436 g/mol. The van der Waals surface area contributed by atoms with Crippen molar-refractivity contribution in [2.45, 2.75) is 12.8 Å². The number of fused-ring (bicyclic) bond motifs is 1. The third kappa shape index (κ3) is 5.10. The van der Waals surface area contributed by atoms with E-state index in [9.17, 15) is 9.59 Å². The Kier molecular flexibility index (Phi) is 6.82. The Morgan fingerprint density at radius 2 is 1.68 bits per heavy atom. The Hall–Kier alpha value is -3.30. The normalized spacial score (nSPS) is 17.6. The van der Waals surface area contributed by atoms with E-state index in [2.05, 4.69) is 20.4 Å². The molecule has 2 aromatic carbocycles. The van der Waals surface area contributed by atoms with Gasteiger partial charge in [-0.25, -0.2) is 0 Å². The Morgan fingerprint density at radius 3 is 2.50 bits per heavy atom. The van der Waals surface area contributed by atoms with Crippen LogP contribution in [0.15, 0.2) is 36.4 Å². The zero-order chi connectivity index (χ0) is 23.3. The maximum Gasteiger partial charge on any atom is 0.255 e. The monoisotopic (exact) mass is 466 g/mol. The van der Waals surface area contributed by atoms with E-state index in [-0.39, 0.29) is 18.6 Å². The van der Waals surface area contributed by atoms with Gasteiger partial charge in [-0.05, 0) is 49.2 Å². The Bertz CT molecular complexity index is 1050. The standard InChI is InChI=1S/C25H30N4O5/c30-24(18-3-6-22-23(15-18)34-17-33-22)27-19-4-5-21(29-8-1-2-9-29)20(16-19)25(31)26-7-10-28-11-13-32-14-12-28/h3-6,15-16H,1-2,7-14,17H2,(H,26,31)(H,27,30). The number of anilines is 2. The van der Waals surface area contributed by atoms with E-state index in [1.54, 1.807) is 24.3 Å². The molecule has 0 aromatic heterocycles. The number of nitrogens with one attached hydrogen (secondary N) is 2. The van der Waals surface area contributed by atoms with E-state index in [4.69, 9.17) is 14.2 Å². The molecule has 0 atom stereocenters. The highest BCUT2D eigenvalue weighted by molar-refractivity contribution is 6.06. The van der Waals surface area contributed by atoms with Gasteiger partial charge in [0.15, 0.2) is 11.5 Å². The summed E-state index contributed by atoms with van der Waals surface area (Å²) in [6.07, 6.45) is 2.22. The topological polar surface area (TPSA) is 92.4 Å².